The van der Waals surface area contributed by atoms with Gasteiger partial charge in [-0.1, -0.05) is 12.1 Å². The maximum atomic E-state index is 11.6. The fraction of sp³-hybridized carbons (Fsp3) is 0.273. The highest BCUT2D eigenvalue weighted by Gasteiger charge is 2.31. The topological polar surface area (TPSA) is 72.8 Å². The van der Waals surface area contributed by atoms with E-state index in [9.17, 15) is 14.7 Å². The van der Waals surface area contributed by atoms with Gasteiger partial charge in [-0.15, -0.1) is 0 Å². The summed E-state index contributed by atoms with van der Waals surface area (Å²) in [5.74, 6) is -1.43. The highest BCUT2D eigenvalue weighted by atomic mass is 16.6. The van der Waals surface area contributed by atoms with Gasteiger partial charge in [0.25, 0.3) is 0 Å². The van der Waals surface area contributed by atoms with E-state index in [1.165, 1.54) is 12.1 Å². The second-order valence-electron chi connectivity index (χ2n) is 3.37. The summed E-state index contributed by atoms with van der Waals surface area (Å²) in [5.41, 5.74) is 0.0437. The number of aromatic hydroxyl groups is 1. The number of hydrogen-bond donors (Lipinski definition) is 1. The highest BCUT2D eigenvalue weighted by molar-refractivity contribution is 5.94. The molecule has 5 heteroatoms. The minimum atomic E-state index is -0.855. The van der Waals surface area contributed by atoms with Gasteiger partial charge >= 0.3 is 11.9 Å². The van der Waals surface area contributed by atoms with Crippen LogP contribution < -0.4 is 0 Å². The van der Waals surface area contributed by atoms with Crippen molar-refractivity contribution in [2.45, 2.75) is 12.5 Å². The molecule has 0 spiro atoms. The molecule has 0 bridgehead atoms. The van der Waals surface area contributed by atoms with E-state index in [2.05, 4.69) is 4.74 Å². The van der Waals surface area contributed by atoms with Gasteiger partial charge in [-0.2, -0.15) is 0 Å². The molecule has 1 aliphatic heterocycles. The van der Waals surface area contributed by atoms with Gasteiger partial charge in [-0.3, -0.25) is 0 Å². The number of carbonyl (C=O) groups is 2. The average molecular weight is 222 g/mol. The van der Waals surface area contributed by atoms with Gasteiger partial charge < -0.3 is 14.6 Å². The minimum Gasteiger partial charge on any atom is -0.507 e. The summed E-state index contributed by atoms with van der Waals surface area (Å²) in [6, 6.07) is 6.00. The number of benzene rings is 1. The number of hydrogen-bond acceptors (Lipinski definition) is 5. The standard InChI is InChI=1S/C11H10O5/c12-8-4-2-1-3-7(8)10(13)16-9-5-6-15-11(9)14/h1-4,9,12H,5-6H2/t9-/m1/s1. The SMILES string of the molecule is O=C(O[C@@H]1CCOC1=O)c1ccccc1O. The lowest BCUT2D eigenvalue weighted by molar-refractivity contribution is -0.145. The van der Waals surface area contributed by atoms with Crippen LogP contribution in [0.25, 0.3) is 0 Å². The van der Waals surface area contributed by atoms with Gasteiger partial charge in [0.1, 0.15) is 11.3 Å². The third-order valence-corrected chi connectivity index (χ3v) is 2.26. The molecule has 1 aromatic rings. The van der Waals surface area contributed by atoms with Gasteiger partial charge in [0.15, 0.2) is 0 Å². The number of rotatable bonds is 2. The van der Waals surface area contributed by atoms with E-state index in [1.807, 2.05) is 0 Å². The third-order valence-electron chi connectivity index (χ3n) is 2.26. The van der Waals surface area contributed by atoms with Crippen LogP contribution in [0.1, 0.15) is 16.8 Å². The van der Waals surface area contributed by atoms with Crippen molar-refractivity contribution in [3.8, 4) is 5.75 Å². The summed E-state index contributed by atoms with van der Waals surface area (Å²) in [6.45, 7) is 0.261. The first-order valence-corrected chi connectivity index (χ1v) is 4.84. The summed E-state index contributed by atoms with van der Waals surface area (Å²) >= 11 is 0. The summed E-state index contributed by atoms with van der Waals surface area (Å²) in [7, 11) is 0. The van der Waals surface area contributed by atoms with Crippen molar-refractivity contribution in [1.82, 2.24) is 0 Å². The number of ether oxygens (including phenoxy) is 2. The Bertz CT molecular complexity index is 426. The molecule has 5 nitrogen and oxygen atoms in total. The summed E-state index contributed by atoms with van der Waals surface area (Å²) in [4.78, 5) is 22.6. The summed E-state index contributed by atoms with van der Waals surface area (Å²) in [6.07, 6.45) is -0.495. The Kier molecular flexibility index (Phi) is 2.76. The van der Waals surface area contributed by atoms with Crippen molar-refractivity contribution in [3.63, 3.8) is 0 Å². The molecule has 1 aliphatic rings. The van der Waals surface area contributed by atoms with E-state index in [1.54, 1.807) is 12.1 Å². The van der Waals surface area contributed by atoms with Gasteiger partial charge in [0.2, 0.25) is 6.10 Å². The van der Waals surface area contributed by atoms with Crippen LogP contribution >= 0.6 is 0 Å². The zero-order chi connectivity index (χ0) is 11.5. The molecule has 0 aliphatic carbocycles. The average Bonchev–Trinajstić information content (AvgIpc) is 2.65. The molecular formula is C11H10O5. The Labute approximate surface area is 91.6 Å². The molecule has 84 valence electrons. The van der Waals surface area contributed by atoms with Gasteiger partial charge in [0.05, 0.1) is 6.61 Å². The Morgan fingerprint density at radius 1 is 1.44 bits per heavy atom. The van der Waals surface area contributed by atoms with E-state index in [4.69, 9.17) is 4.74 Å². The molecule has 0 radical (unpaired) electrons. The number of cyclic esters (lactones) is 1. The van der Waals surface area contributed by atoms with Crippen LogP contribution in [0.4, 0.5) is 0 Å². The first-order chi connectivity index (χ1) is 7.68. The Balaban J connectivity index is 2.09. The monoisotopic (exact) mass is 222 g/mol. The molecule has 1 N–H and O–H groups in total. The minimum absolute atomic E-state index is 0.0437. The van der Waals surface area contributed by atoms with Crippen molar-refractivity contribution < 1.29 is 24.2 Å². The smallest absolute Gasteiger partial charge is 0.347 e. The van der Waals surface area contributed by atoms with Crippen molar-refractivity contribution in [2.75, 3.05) is 6.61 Å². The van der Waals surface area contributed by atoms with E-state index >= 15 is 0 Å². The lowest BCUT2D eigenvalue weighted by Crippen LogP contribution is -2.22. The summed E-state index contributed by atoms with van der Waals surface area (Å²) in [5, 5.41) is 9.40. The highest BCUT2D eigenvalue weighted by Crippen LogP contribution is 2.19. The van der Waals surface area contributed by atoms with E-state index in [-0.39, 0.29) is 17.9 Å². The predicted molar refractivity (Wildman–Crippen MR) is 52.9 cm³/mol. The van der Waals surface area contributed by atoms with E-state index in [0.717, 1.165) is 0 Å². The molecule has 1 heterocycles. The molecule has 1 atom stereocenters. The van der Waals surface area contributed by atoms with E-state index < -0.39 is 18.0 Å². The fourth-order valence-corrected chi connectivity index (χ4v) is 1.42. The molecule has 1 saturated heterocycles. The maximum Gasteiger partial charge on any atom is 0.347 e. The molecule has 1 fully saturated rings. The predicted octanol–water partition coefficient (Wildman–Crippen LogP) is 0.864. The van der Waals surface area contributed by atoms with Gasteiger partial charge in [0, 0.05) is 6.42 Å². The second-order valence-corrected chi connectivity index (χ2v) is 3.37. The third kappa shape index (κ3) is 1.98. The van der Waals surface area contributed by atoms with Crippen molar-refractivity contribution in [1.29, 1.82) is 0 Å². The van der Waals surface area contributed by atoms with Crippen LogP contribution in [0.2, 0.25) is 0 Å². The molecule has 1 aromatic carbocycles. The molecule has 0 saturated carbocycles. The van der Waals surface area contributed by atoms with Crippen molar-refractivity contribution in [3.05, 3.63) is 29.8 Å². The van der Waals surface area contributed by atoms with Crippen LogP contribution in [0, 0.1) is 0 Å². The normalized spacial score (nSPS) is 19.2. The van der Waals surface area contributed by atoms with Gasteiger partial charge in [-0.05, 0) is 12.1 Å². The number of phenols is 1. The number of phenolic OH excluding ortho intramolecular Hbond substituents is 1. The van der Waals surface area contributed by atoms with Crippen LogP contribution in [0.15, 0.2) is 24.3 Å². The Morgan fingerprint density at radius 2 is 2.19 bits per heavy atom. The molecule has 16 heavy (non-hydrogen) atoms. The van der Waals surface area contributed by atoms with E-state index in [0.29, 0.717) is 6.42 Å². The number of esters is 2. The fourth-order valence-electron chi connectivity index (χ4n) is 1.42. The quantitative estimate of drug-likeness (QED) is 0.751. The van der Waals surface area contributed by atoms with Crippen molar-refractivity contribution in [2.24, 2.45) is 0 Å². The van der Waals surface area contributed by atoms with Crippen LogP contribution in [-0.4, -0.2) is 29.8 Å². The van der Waals surface area contributed by atoms with Crippen molar-refractivity contribution >= 4 is 11.9 Å². The number of carbonyl (C=O) groups excluding carboxylic acids is 2. The summed E-state index contributed by atoms with van der Waals surface area (Å²) < 4.78 is 9.57. The van der Waals surface area contributed by atoms with Crippen LogP contribution in [0.5, 0.6) is 5.75 Å². The molecule has 2 rings (SSSR count). The molecular weight excluding hydrogens is 212 g/mol. The van der Waals surface area contributed by atoms with Crippen LogP contribution in [-0.2, 0) is 14.3 Å². The lowest BCUT2D eigenvalue weighted by atomic mass is 10.2. The second kappa shape index (κ2) is 4.22. The Hall–Kier alpha value is -2.04. The largest absolute Gasteiger partial charge is 0.507 e. The zero-order valence-electron chi connectivity index (χ0n) is 8.38. The molecule has 0 aromatic heterocycles. The lowest BCUT2D eigenvalue weighted by Gasteiger charge is -2.08. The first-order valence-electron chi connectivity index (χ1n) is 4.84. The zero-order valence-corrected chi connectivity index (χ0v) is 8.38. The number of para-hydroxylation sites is 1. The molecule has 0 unspecified atom stereocenters. The Morgan fingerprint density at radius 3 is 2.81 bits per heavy atom. The van der Waals surface area contributed by atoms with Gasteiger partial charge in [-0.25, -0.2) is 9.59 Å². The molecule has 0 amide bonds. The van der Waals surface area contributed by atoms with Crippen LogP contribution in [0.3, 0.4) is 0 Å². The first kappa shape index (κ1) is 10.5. The maximum absolute atomic E-state index is 11.6.